The van der Waals surface area contributed by atoms with Crippen LogP contribution in [0.25, 0.3) is 0 Å². The van der Waals surface area contributed by atoms with E-state index in [0.29, 0.717) is 15.6 Å². The summed E-state index contributed by atoms with van der Waals surface area (Å²) in [5.74, 6) is -1.46. The highest BCUT2D eigenvalue weighted by Crippen LogP contribution is 2.29. The summed E-state index contributed by atoms with van der Waals surface area (Å²) in [7, 11) is 1.56. The molecule has 1 aliphatic heterocycles. The van der Waals surface area contributed by atoms with Gasteiger partial charge in [-0.3, -0.25) is 14.5 Å². The summed E-state index contributed by atoms with van der Waals surface area (Å²) in [6, 6.07) is 9.59. The summed E-state index contributed by atoms with van der Waals surface area (Å²) in [6.07, 6.45) is 0. The van der Waals surface area contributed by atoms with Crippen LogP contribution in [0.3, 0.4) is 0 Å². The highest BCUT2D eigenvalue weighted by Gasteiger charge is 2.49. The number of halogens is 3. The van der Waals surface area contributed by atoms with Gasteiger partial charge in [-0.15, -0.1) is 0 Å². The second kappa shape index (κ2) is 8.00. The van der Waals surface area contributed by atoms with Crippen LogP contribution in [0.15, 0.2) is 42.5 Å². The zero-order chi connectivity index (χ0) is 21.3. The summed E-state index contributed by atoms with van der Waals surface area (Å²) in [4.78, 5) is 40.0. The predicted molar refractivity (Wildman–Crippen MR) is 107 cm³/mol. The lowest BCUT2D eigenvalue weighted by molar-refractivity contribution is -0.138. The third kappa shape index (κ3) is 4.21. The van der Waals surface area contributed by atoms with Gasteiger partial charge in [0, 0.05) is 13.6 Å². The number of imide groups is 1. The van der Waals surface area contributed by atoms with E-state index < -0.39 is 35.7 Å². The molecule has 4 amide bonds. The molecule has 0 saturated carbocycles. The molecule has 9 heteroatoms. The van der Waals surface area contributed by atoms with Crippen molar-refractivity contribution in [1.29, 1.82) is 0 Å². The second-order valence-electron chi connectivity index (χ2n) is 6.95. The maximum Gasteiger partial charge on any atom is 0.325 e. The first-order valence-corrected chi connectivity index (χ1v) is 9.45. The number of likely N-dealkylation sites (N-methyl/N-ethyl adjacent to an activating group) is 1. The summed E-state index contributed by atoms with van der Waals surface area (Å²) in [6.45, 7) is 1.33. The van der Waals surface area contributed by atoms with Crippen molar-refractivity contribution < 1.29 is 18.8 Å². The molecular formula is C20H18Cl2FN3O3. The van der Waals surface area contributed by atoms with Crippen LogP contribution in [-0.4, -0.2) is 41.2 Å². The molecule has 29 heavy (non-hydrogen) atoms. The molecule has 3 rings (SSSR count). The van der Waals surface area contributed by atoms with Crippen LogP contribution in [-0.2, 0) is 21.7 Å². The third-order valence-electron chi connectivity index (χ3n) is 4.82. The van der Waals surface area contributed by atoms with Crippen molar-refractivity contribution in [3.63, 3.8) is 0 Å². The Morgan fingerprint density at radius 3 is 2.41 bits per heavy atom. The zero-order valence-electron chi connectivity index (χ0n) is 15.7. The van der Waals surface area contributed by atoms with Crippen LogP contribution in [0.2, 0.25) is 10.0 Å². The molecule has 0 spiro atoms. The first kappa shape index (κ1) is 21.1. The van der Waals surface area contributed by atoms with Crippen LogP contribution < -0.4 is 5.32 Å². The van der Waals surface area contributed by atoms with Gasteiger partial charge in [-0.25, -0.2) is 9.18 Å². The number of nitrogens with zero attached hydrogens (tertiary/aromatic N) is 2. The van der Waals surface area contributed by atoms with Crippen LogP contribution >= 0.6 is 23.2 Å². The van der Waals surface area contributed by atoms with Crippen molar-refractivity contribution in [1.82, 2.24) is 15.1 Å². The Labute approximate surface area is 177 Å². The Hall–Kier alpha value is -2.64. The maximum atomic E-state index is 13.2. The Morgan fingerprint density at radius 2 is 1.79 bits per heavy atom. The van der Waals surface area contributed by atoms with Gasteiger partial charge < -0.3 is 10.2 Å². The van der Waals surface area contributed by atoms with Crippen LogP contribution in [0.1, 0.15) is 18.1 Å². The molecule has 1 heterocycles. The van der Waals surface area contributed by atoms with E-state index in [1.54, 1.807) is 25.2 Å². The van der Waals surface area contributed by atoms with E-state index in [-0.39, 0.29) is 6.54 Å². The third-order valence-corrected chi connectivity index (χ3v) is 5.56. The number of hydrogen-bond donors (Lipinski definition) is 1. The Balaban J connectivity index is 1.71. The molecule has 1 fully saturated rings. The van der Waals surface area contributed by atoms with Gasteiger partial charge >= 0.3 is 6.03 Å². The largest absolute Gasteiger partial charge is 0.340 e. The van der Waals surface area contributed by atoms with E-state index in [9.17, 15) is 18.8 Å². The topological polar surface area (TPSA) is 69.7 Å². The summed E-state index contributed by atoms with van der Waals surface area (Å²) < 4.78 is 13.2. The summed E-state index contributed by atoms with van der Waals surface area (Å²) in [5.41, 5.74) is -0.187. The standard InChI is InChI=1S/C20H18Cl2FN3O3/c1-20(13-4-6-14(23)7-5-13)18(28)26(19(29)24-20)11-17(27)25(2)10-12-3-8-15(21)16(22)9-12/h3-9H,10-11H2,1-2H3,(H,24,29). The van der Waals surface area contributed by atoms with Crippen molar-refractivity contribution in [3.05, 3.63) is 69.5 Å². The minimum Gasteiger partial charge on any atom is -0.340 e. The number of urea groups is 1. The summed E-state index contributed by atoms with van der Waals surface area (Å²) in [5, 5.41) is 3.36. The minimum atomic E-state index is -1.37. The lowest BCUT2D eigenvalue weighted by Gasteiger charge is -2.23. The lowest BCUT2D eigenvalue weighted by Crippen LogP contribution is -2.43. The van der Waals surface area contributed by atoms with Crippen molar-refractivity contribution >= 4 is 41.0 Å². The molecule has 1 atom stereocenters. The van der Waals surface area contributed by atoms with Crippen LogP contribution in [0.5, 0.6) is 0 Å². The molecular weight excluding hydrogens is 420 g/mol. The predicted octanol–water partition coefficient (Wildman–Crippen LogP) is 3.56. The molecule has 2 aromatic rings. The Bertz CT molecular complexity index is 983. The van der Waals surface area contributed by atoms with Gasteiger partial charge in [-0.1, -0.05) is 41.4 Å². The quantitative estimate of drug-likeness (QED) is 0.726. The molecule has 0 aliphatic carbocycles. The molecule has 152 valence electrons. The fourth-order valence-electron chi connectivity index (χ4n) is 3.08. The highest BCUT2D eigenvalue weighted by molar-refractivity contribution is 6.42. The number of amides is 4. The van der Waals surface area contributed by atoms with Crippen LogP contribution in [0, 0.1) is 5.82 Å². The molecule has 2 aromatic carbocycles. The number of hydrogen-bond acceptors (Lipinski definition) is 3. The van der Waals surface area contributed by atoms with E-state index in [1.165, 1.54) is 36.1 Å². The number of benzene rings is 2. The smallest absolute Gasteiger partial charge is 0.325 e. The molecule has 1 aliphatic rings. The molecule has 1 N–H and O–H groups in total. The van der Waals surface area contributed by atoms with Crippen LogP contribution in [0.4, 0.5) is 9.18 Å². The first-order valence-electron chi connectivity index (χ1n) is 8.70. The number of carbonyl (C=O) groups is 3. The fraction of sp³-hybridized carbons (Fsp3) is 0.250. The van der Waals surface area contributed by atoms with Crippen molar-refractivity contribution in [2.45, 2.75) is 19.0 Å². The number of carbonyl (C=O) groups excluding carboxylic acids is 3. The van der Waals surface area contributed by atoms with Gasteiger partial charge in [-0.05, 0) is 42.3 Å². The highest BCUT2D eigenvalue weighted by atomic mass is 35.5. The van der Waals surface area contributed by atoms with Gasteiger partial charge in [0.15, 0.2) is 0 Å². The Morgan fingerprint density at radius 1 is 1.14 bits per heavy atom. The molecule has 1 unspecified atom stereocenters. The first-order chi connectivity index (χ1) is 13.6. The SMILES string of the molecule is CN(Cc1ccc(Cl)c(Cl)c1)C(=O)CN1C(=O)NC(C)(c2ccc(F)cc2)C1=O. The van der Waals surface area contributed by atoms with Crippen molar-refractivity contribution in [2.24, 2.45) is 0 Å². The minimum absolute atomic E-state index is 0.231. The molecule has 1 saturated heterocycles. The second-order valence-corrected chi connectivity index (χ2v) is 7.77. The average molecular weight is 438 g/mol. The molecule has 0 radical (unpaired) electrons. The normalized spacial score (nSPS) is 18.7. The van der Waals surface area contributed by atoms with Gasteiger partial charge in [0.2, 0.25) is 5.91 Å². The van der Waals surface area contributed by atoms with Gasteiger partial charge in [0.05, 0.1) is 10.0 Å². The average Bonchev–Trinajstić information content (AvgIpc) is 2.89. The number of rotatable bonds is 5. The Kier molecular flexibility index (Phi) is 5.82. The lowest BCUT2D eigenvalue weighted by atomic mass is 9.92. The number of nitrogens with one attached hydrogen (secondary N) is 1. The fourth-order valence-corrected chi connectivity index (χ4v) is 3.40. The van der Waals surface area contributed by atoms with E-state index in [0.717, 1.165) is 10.5 Å². The van der Waals surface area contributed by atoms with Gasteiger partial charge in [0.25, 0.3) is 5.91 Å². The monoisotopic (exact) mass is 437 g/mol. The van der Waals surface area contributed by atoms with Gasteiger partial charge in [-0.2, -0.15) is 0 Å². The molecule has 6 nitrogen and oxygen atoms in total. The van der Waals surface area contributed by atoms with E-state index >= 15 is 0 Å². The van der Waals surface area contributed by atoms with E-state index in [2.05, 4.69) is 5.32 Å². The zero-order valence-corrected chi connectivity index (χ0v) is 17.2. The summed E-state index contributed by atoms with van der Waals surface area (Å²) >= 11 is 11.9. The van der Waals surface area contributed by atoms with Crippen molar-refractivity contribution in [2.75, 3.05) is 13.6 Å². The van der Waals surface area contributed by atoms with Gasteiger partial charge in [0.1, 0.15) is 17.9 Å². The molecule has 0 aromatic heterocycles. The van der Waals surface area contributed by atoms with E-state index in [4.69, 9.17) is 23.2 Å². The van der Waals surface area contributed by atoms with E-state index in [1.807, 2.05) is 0 Å². The maximum absolute atomic E-state index is 13.2. The molecule has 0 bridgehead atoms. The van der Waals surface area contributed by atoms with Crippen molar-refractivity contribution in [3.8, 4) is 0 Å².